The summed E-state index contributed by atoms with van der Waals surface area (Å²) in [6, 6.07) is 22.7. The second kappa shape index (κ2) is 11.3. The van der Waals surface area contributed by atoms with E-state index in [1.165, 1.54) is 18.2 Å². The number of hydrogen-bond acceptors (Lipinski definition) is 4. The first-order valence-corrected chi connectivity index (χ1v) is 12.6. The van der Waals surface area contributed by atoms with Crippen LogP contribution in [0.1, 0.15) is 21.7 Å². The minimum atomic E-state index is -4.80. The molecular formula is C31H25F4N5O. The number of amides is 1. The highest BCUT2D eigenvalue weighted by Crippen LogP contribution is 2.32. The summed E-state index contributed by atoms with van der Waals surface area (Å²) in [5.41, 5.74) is 2.32. The van der Waals surface area contributed by atoms with Crippen molar-refractivity contribution in [3.8, 4) is 27.9 Å². The van der Waals surface area contributed by atoms with E-state index < -0.39 is 29.3 Å². The molecule has 0 saturated carbocycles. The summed E-state index contributed by atoms with van der Waals surface area (Å²) in [4.78, 5) is 19.2. The number of nitrogens with zero attached hydrogens (tertiary/aromatic N) is 4. The van der Waals surface area contributed by atoms with Crippen molar-refractivity contribution in [2.75, 3.05) is 19.4 Å². The summed E-state index contributed by atoms with van der Waals surface area (Å²) in [5.74, 6) is -1.67. The van der Waals surface area contributed by atoms with E-state index in [1.54, 1.807) is 48.8 Å². The minimum Gasteiger partial charge on any atom is -0.318 e. The molecule has 208 valence electrons. The van der Waals surface area contributed by atoms with Crippen LogP contribution < -0.4 is 5.32 Å². The van der Waals surface area contributed by atoms with Crippen LogP contribution in [0.25, 0.3) is 27.9 Å². The van der Waals surface area contributed by atoms with Gasteiger partial charge in [-0.2, -0.15) is 18.3 Å². The number of halogens is 4. The number of nitrogens with one attached hydrogen (secondary N) is 1. The Hall–Kier alpha value is -4.83. The number of rotatable bonds is 7. The van der Waals surface area contributed by atoms with Gasteiger partial charge in [0, 0.05) is 25.0 Å². The van der Waals surface area contributed by atoms with E-state index in [0.717, 1.165) is 21.4 Å². The zero-order valence-corrected chi connectivity index (χ0v) is 22.2. The fourth-order valence-electron chi connectivity index (χ4n) is 4.49. The highest BCUT2D eigenvalue weighted by atomic mass is 19.4. The van der Waals surface area contributed by atoms with Gasteiger partial charge in [0.2, 0.25) is 0 Å². The lowest BCUT2D eigenvalue weighted by molar-refractivity contribution is -0.141. The van der Waals surface area contributed by atoms with Gasteiger partial charge in [-0.15, -0.1) is 0 Å². The van der Waals surface area contributed by atoms with Crippen molar-refractivity contribution < 1.29 is 22.4 Å². The summed E-state index contributed by atoms with van der Waals surface area (Å²) in [7, 11) is 3.86. The van der Waals surface area contributed by atoms with Gasteiger partial charge >= 0.3 is 6.18 Å². The average Bonchev–Trinajstić information content (AvgIpc) is 3.42. The Morgan fingerprint density at radius 3 is 2.34 bits per heavy atom. The molecule has 5 rings (SSSR count). The molecule has 0 aliphatic heterocycles. The van der Waals surface area contributed by atoms with E-state index >= 15 is 4.39 Å². The molecule has 0 aliphatic rings. The maximum atomic E-state index is 15.2. The van der Waals surface area contributed by atoms with Crippen LogP contribution in [0.15, 0.2) is 97.3 Å². The molecule has 0 atom stereocenters. The normalized spacial score (nSPS) is 11.6. The van der Waals surface area contributed by atoms with E-state index in [9.17, 15) is 18.0 Å². The van der Waals surface area contributed by atoms with E-state index in [1.807, 2.05) is 43.3 Å². The van der Waals surface area contributed by atoms with Crippen molar-refractivity contribution in [2.24, 2.45) is 0 Å². The topological polar surface area (TPSA) is 63.1 Å². The fraction of sp³-hybridized carbons (Fsp3) is 0.129. The van der Waals surface area contributed by atoms with Crippen LogP contribution in [0, 0.1) is 5.82 Å². The molecular weight excluding hydrogens is 534 g/mol. The molecule has 0 spiro atoms. The third kappa shape index (κ3) is 6.17. The number of benzene rings is 3. The molecule has 0 unspecified atom stereocenters. The monoisotopic (exact) mass is 559 g/mol. The number of aromatic nitrogens is 3. The minimum absolute atomic E-state index is 0.171. The maximum Gasteiger partial charge on any atom is 0.435 e. The van der Waals surface area contributed by atoms with Gasteiger partial charge < -0.3 is 10.2 Å². The van der Waals surface area contributed by atoms with E-state index in [-0.39, 0.29) is 11.4 Å². The van der Waals surface area contributed by atoms with Crippen LogP contribution in [0.5, 0.6) is 0 Å². The van der Waals surface area contributed by atoms with Gasteiger partial charge in [0.25, 0.3) is 5.91 Å². The van der Waals surface area contributed by atoms with Crippen LogP contribution in [0.3, 0.4) is 0 Å². The quantitative estimate of drug-likeness (QED) is 0.217. The van der Waals surface area contributed by atoms with Crippen molar-refractivity contribution in [3.63, 3.8) is 0 Å². The van der Waals surface area contributed by atoms with Crippen molar-refractivity contribution in [1.82, 2.24) is 19.7 Å². The number of hydrogen-bond donors (Lipinski definition) is 1. The molecule has 2 aromatic heterocycles. The van der Waals surface area contributed by atoms with E-state index in [2.05, 4.69) is 15.4 Å². The molecule has 1 N–H and O–H groups in total. The zero-order chi connectivity index (χ0) is 29.1. The van der Waals surface area contributed by atoms with Crippen LogP contribution in [0.2, 0.25) is 0 Å². The van der Waals surface area contributed by atoms with Crippen molar-refractivity contribution in [1.29, 1.82) is 0 Å². The van der Waals surface area contributed by atoms with E-state index in [0.29, 0.717) is 23.7 Å². The molecule has 2 heterocycles. The van der Waals surface area contributed by atoms with Gasteiger partial charge in [0.15, 0.2) is 5.69 Å². The SMILES string of the molecule is CN(C)Cc1ccccc1-c1ccc(NC(=O)c2cc(C(F)(F)F)nn2-c2cccc(-c3ccncc3)c2)c(F)c1. The first kappa shape index (κ1) is 27.7. The van der Waals surface area contributed by atoms with Gasteiger partial charge in [0.05, 0.1) is 11.4 Å². The molecule has 10 heteroatoms. The highest BCUT2D eigenvalue weighted by molar-refractivity contribution is 6.03. The Balaban J connectivity index is 1.48. The van der Waals surface area contributed by atoms with Crippen molar-refractivity contribution >= 4 is 11.6 Å². The molecule has 0 fully saturated rings. The van der Waals surface area contributed by atoms with Gasteiger partial charge in [-0.05, 0) is 78.3 Å². The van der Waals surface area contributed by atoms with Crippen LogP contribution in [-0.2, 0) is 12.7 Å². The molecule has 5 aromatic rings. The van der Waals surface area contributed by atoms with Crippen molar-refractivity contribution in [2.45, 2.75) is 12.7 Å². The second-order valence-electron chi connectivity index (χ2n) is 9.65. The van der Waals surface area contributed by atoms with E-state index in [4.69, 9.17) is 0 Å². The number of alkyl halides is 3. The highest BCUT2D eigenvalue weighted by Gasteiger charge is 2.36. The Morgan fingerprint density at radius 2 is 1.63 bits per heavy atom. The molecule has 1 amide bonds. The molecule has 0 saturated heterocycles. The Morgan fingerprint density at radius 1 is 0.878 bits per heavy atom. The molecule has 3 aromatic carbocycles. The van der Waals surface area contributed by atoms with Gasteiger partial charge in [-0.3, -0.25) is 9.78 Å². The summed E-state index contributed by atoms with van der Waals surface area (Å²) in [5, 5.41) is 6.09. The largest absolute Gasteiger partial charge is 0.435 e. The third-order valence-electron chi connectivity index (χ3n) is 6.37. The molecule has 0 bridgehead atoms. The lowest BCUT2D eigenvalue weighted by Gasteiger charge is -2.15. The maximum absolute atomic E-state index is 15.2. The zero-order valence-electron chi connectivity index (χ0n) is 22.2. The lowest BCUT2D eigenvalue weighted by atomic mass is 9.99. The average molecular weight is 560 g/mol. The first-order chi connectivity index (χ1) is 19.6. The smallest absolute Gasteiger partial charge is 0.318 e. The predicted octanol–water partition coefficient (Wildman–Crippen LogP) is 7.07. The molecule has 41 heavy (non-hydrogen) atoms. The molecule has 0 radical (unpaired) electrons. The van der Waals surface area contributed by atoms with Crippen molar-refractivity contribution in [3.05, 3.63) is 120 Å². The van der Waals surface area contributed by atoms with Crippen LogP contribution in [-0.4, -0.2) is 39.7 Å². The Labute approximate surface area is 233 Å². The summed E-state index contributed by atoms with van der Waals surface area (Å²) >= 11 is 0. The third-order valence-corrected chi connectivity index (χ3v) is 6.37. The van der Waals surface area contributed by atoms with Gasteiger partial charge in [-0.1, -0.05) is 42.5 Å². The van der Waals surface area contributed by atoms with Crippen LogP contribution in [0.4, 0.5) is 23.2 Å². The van der Waals surface area contributed by atoms with Gasteiger partial charge in [0.1, 0.15) is 11.5 Å². The summed E-state index contributed by atoms with van der Waals surface area (Å²) in [6.07, 6.45) is -1.61. The lowest BCUT2D eigenvalue weighted by Crippen LogP contribution is -2.17. The predicted molar refractivity (Wildman–Crippen MR) is 149 cm³/mol. The number of anilines is 1. The number of pyridine rings is 1. The van der Waals surface area contributed by atoms with Gasteiger partial charge in [-0.25, -0.2) is 9.07 Å². The standard InChI is InChI=1S/C31H25F4N5O/c1-39(2)19-23-6-3-4-9-25(23)22-10-11-27(26(32)17-22)37-30(41)28-18-29(31(33,34)35)38-40(28)24-8-5-7-21(16-24)20-12-14-36-15-13-20/h3-18H,19H2,1-2H3,(H,37,41). The molecule has 6 nitrogen and oxygen atoms in total. The fourth-order valence-corrected chi connectivity index (χ4v) is 4.49. The Kier molecular flexibility index (Phi) is 7.67. The first-order valence-electron chi connectivity index (χ1n) is 12.6. The van der Waals surface area contributed by atoms with Crippen LogP contribution >= 0.6 is 0 Å². The summed E-state index contributed by atoms with van der Waals surface area (Å²) < 4.78 is 57.0. The molecule has 0 aliphatic carbocycles. The summed E-state index contributed by atoms with van der Waals surface area (Å²) in [6.45, 7) is 0.643. The number of carbonyl (C=O) groups excluding carboxylic acids is 1. The Bertz CT molecular complexity index is 1700. The second-order valence-corrected chi connectivity index (χ2v) is 9.65. The number of carbonyl (C=O) groups is 1.